The number of hydrogen-bond donors (Lipinski definition) is 3. The number of benzene rings is 1. The molecule has 19 heavy (non-hydrogen) atoms. The summed E-state index contributed by atoms with van der Waals surface area (Å²) in [7, 11) is -3.84. The Kier molecular flexibility index (Phi) is 3.50. The van der Waals surface area contributed by atoms with Crippen LogP contribution >= 0.6 is 11.6 Å². The number of halogens is 1. The minimum Gasteiger partial charge on any atom is -0.506 e. The number of aromatic hydroxyl groups is 1. The maximum absolute atomic E-state index is 12.1. The summed E-state index contributed by atoms with van der Waals surface area (Å²) in [5, 5.41) is 9.50. The number of nitrogen functional groups attached to an aromatic ring is 1. The summed E-state index contributed by atoms with van der Waals surface area (Å²) in [6.07, 6.45) is 2.74. The molecule has 0 saturated heterocycles. The van der Waals surface area contributed by atoms with Crippen molar-refractivity contribution >= 4 is 33.0 Å². The van der Waals surface area contributed by atoms with Gasteiger partial charge in [0, 0.05) is 6.20 Å². The Labute approximate surface area is 114 Å². The molecule has 0 atom stereocenters. The Bertz CT molecular complexity index is 719. The van der Waals surface area contributed by atoms with Crippen molar-refractivity contribution in [3.8, 4) is 5.75 Å². The van der Waals surface area contributed by atoms with Crippen LogP contribution in [0.1, 0.15) is 0 Å². The average Bonchev–Trinajstić information content (AvgIpc) is 2.35. The van der Waals surface area contributed by atoms with Crippen LogP contribution in [-0.4, -0.2) is 18.5 Å². The van der Waals surface area contributed by atoms with E-state index in [4.69, 9.17) is 17.3 Å². The number of aromatic nitrogens is 1. The first-order valence-corrected chi connectivity index (χ1v) is 6.97. The molecule has 8 heteroatoms. The van der Waals surface area contributed by atoms with Crippen LogP contribution in [0.5, 0.6) is 5.75 Å². The summed E-state index contributed by atoms with van der Waals surface area (Å²) in [4.78, 5) is 3.70. The van der Waals surface area contributed by atoms with Crippen molar-refractivity contribution in [2.75, 3.05) is 10.5 Å². The summed E-state index contributed by atoms with van der Waals surface area (Å²) in [5.74, 6) is -0.182. The van der Waals surface area contributed by atoms with Crippen LogP contribution in [0.2, 0.25) is 5.02 Å². The van der Waals surface area contributed by atoms with Gasteiger partial charge < -0.3 is 10.8 Å². The standard InChI is InChI=1S/C11H10ClN3O3S/c12-8-3-4-14-6-10(8)15-19(17,18)7-1-2-11(16)9(13)5-7/h1-6,15-16H,13H2. The van der Waals surface area contributed by atoms with Gasteiger partial charge in [0.15, 0.2) is 0 Å². The van der Waals surface area contributed by atoms with E-state index in [0.717, 1.165) is 6.07 Å². The third kappa shape index (κ3) is 2.88. The normalized spacial score (nSPS) is 11.2. The fourth-order valence-corrected chi connectivity index (χ4v) is 2.66. The lowest BCUT2D eigenvalue weighted by Crippen LogP contribution is -2.13. The Morgan fingerprint density at radius 3 is 2.68 bits per heavy atom. The fraction of sp³-hybridized carbons (Fsp3) is 0. The average molecular weight is 300 g/mol. The Balaban J connectivity index is 2.38. The van der Waals surface area contributed by atoms with Gasteiger partial charge in [0.1, 0.15) is 5.75 Å². The number of phenols is 1. The number of anilines is 2. The molecule has 1 aromatic carbocycles. The largest absolute Gasteiger partial charge is 0.506 e. The molecule has 0 bridgehead atoms. The molecule has 0 radical (unpaired) electrons. The van der Waals surface area contributed by atoms with Crippen molar-refractivity contribution in [2.24, 2.45) is 0 Å². The summed E-state index contributed by atoms with van der Waals surface area (Å²) in [6, 6.07) is 5.06. The third-order valence-electron chi connectivity index (χ3n) is 2.32. The van der Waals surface area contributed by atoms with Crippen LogP contribution in [-0.2, 0) is 10.0 Å². The van der Waals surface area contributed by atoms with Crippen molar-refractivity contribution < 1.29 is 13.5 Å². The molecule has 0 spiro atoms. The van der Waals surface area contributed by atoms with Gasteiger partial charge in [-0.25, -0.2) is 8.42 Å². The minimum absolute atomic E-state index is 0.0276. The van der Waals surface area contributed by atoms with E-state index in [2.05, 4.69) is 9.71 Å². The van der Waals surface area contributed by atoms with Gasteiger partial charge in [-0.3, -0.25) is 9.71 Å². The molecule has 2 aromatic rings. The van der Waals surface area contributed by atoms with Crippen LogP contribution in [0, 0.1) is 0 Å². The van der Waals surface area contributed by atoms with E-state index in [0.29, 0.717) is 0 Å². The number of nitrogens with zero attached hydrogens (tertiary/aromatic N) is 1. The first-order valence-electron chi connectivity index (χ1n) is 5.11. The van der Waals surface area contributed by atoms with Crippen LogP contribution in [0.25, 0.3) is 0 Å². The molecule has 1 aromatic heterocycles. The molecular weight excluding hydrogens is 290 g/mol. The molecule has 0 aliphatic heterocycles. The van der Waals surface area contributed by atoms with Gasteiger partial charge in [0.05, 0.1) is 27.5 Å². The zero-order valence-electron chi connectivity index (χ0n) is 9.54. The van der Waals surface area contributed by atoms with Gasteiger partial charge in [0.2, 0.25) is 0 Å². The molecule has 0 fully saturated rings. The first kappa shape index (κ1) is 13.4. The zero-order chi connectivity index (χ0) is 14.0. The van der Waals surface area contributed by atoms with Crippen molar-refractivity contribution in [3.63, 3.8) is 0 Å². The van der Waals surface area contributed by atoms with Gasteiger partial charge in [-0.2, -0.15) is 0 Å². The highest BCUT2D eigenvalue weighted by Gasteiger charge is 2.17. The summed E-state index contributed by atoms with van der Waals surface area (Å²) < 4.78 is 26.5. The highest BCUT2D eigenvalue weighted by atomic mass is 35.5. The smallest absolute Gasteiger partial charge is 0.262 e. The molecule has 0 aliphatic carbocycles. The van der Waals surface area contributed by atoms with E-state index >= 15 is 0 Å². The molecule has 0 amide bonds. The monoisotopic (exact) mass is 299 g/mol. The number of nitrogens with two attached hydrogens (primary N) is 1. The highest BCUT2D eigenvalue weighted by Crippen LogP contribution is 2.26. The lowest BCUT2D eigenvalue weighted by atomic mass is 10.3. The lowest BCUT2D eigenvalue weighted by molar-refractivity contribution is 0.477. The summed E-state index contributed by atoms with van der Waals surface area (Å²) in [6.45, 7) is 0. The number of nitrogens with one attached hydrogen (secondary N) is 1. The Morgan fingerprint density at radius 2 is 2.05 bits per heavy atom. The van der Waals surface area contributed by atoms with Crippen LogP contribution in [0.3, 0.4) is 0 Å². The van der Waals surface area contributed by atoms with E-state index in [-0.39, 0.29) is 27.0 Å². The second-order valence-electron chi connectivity index (χ2n) is 3.68. The predicted molar refractivity (Wildman–Crippen MR) is 72.6 cm³/mol. The molecule has 0 aliphatic rings. The van der Waals surface area contributed by atoms with Gasteiger partial charge in [-0.05, 0) is 24.3 Å². The number of rotatable bonds is 3. The number of hydrogen-bond acceptors (Lipinski definition) is 5. The van der Waals surface area contributed by atoms with Gasteiger partial charge >= 0.3 is 0 Å². The van der Waals surface area contributed by atoms with Crippen molar-refractivity contribution in [1.29, 1.82) is 0 Å². The molecule has 2 rings (SSSR count). The SMILES string of the molecule is Nc1cc(S(=O)(=O)Nc2cnccc2Cl)ccc1O. The molecule has 6 nitrogen and oxygen atoms in total. The maximum Gasteiger partial charge on any atom is 0.262 e. The zero-order valence-corrected chi connectivity index (χ0v) is 11.1. The fourth-order valence-electron chi connectivity index (χ4n) is 1.36. The summed E-state index contributed by atoms with van der Waals surface area (Å²) >= 11 is 5.84. The van der Waals surface area contributed by atoms with Gasteiger partial charge in [0.25, 0.3) is 10.0 Å². The lowest BCUT2D eigenvalue weighted by Gasteiger charge is -2.09. The van der Waals surface area contributed by atoms with Crippen molar-refractivity contribution in [2.45, 2.75) is 4.90 Å². The quantitative estimate of drug-likeness (QED) is 0.592. The third-order valence-corrected chi connectivity index (χ3v) is 4.01. The molecule has 4 N–H and O–H groups in total. The molecule has 0 saturated carbocycles. The Hall–Kier alpha value is -1.99. The molecule has 1 heterocycles. The van der Waals surface area contributed by atoms with E-state index in [1.807, 2.05) is 0 Å². The van der Waals surface area contributed by atoms with Gasteiger partial charge in [-0.1, -0.05) is 11.6 Å². The highest BCUT2D eigenvalue weighted by molar-refractivity contribution is 7.92. The van der Waals surface area contributed by atoms with E-state index in [9.17, 15) is 13.5 Å². The minimum atomic E-state index is -3.84. The number of phenolic OH excluding ortho intramolecular Hbond substituents is 1. The molecule has 100 valence electrons. The van der Waals surface area contributed by atoms with E-state index in [1.54, 1.807) is 0 Å². The maximum atomic E-state index is 12.1. The predicted octanol–water partition coefficient (Wildman–Crippen LogP) is 1.82. The number of pyridine rings is 1. The van der Waals surface area contributed by atoms with Crippen molar-refractivity contribution in [1.82, 2.24) is 4.98 Å². The Morgan fingerprint density at radius 1 is 1.32 bits per heavy atom. The second-order valence-corrected chi connectivity index (χ2v) is 5.77. The van der Waals surface area contributed by atoms with E-state index < -0.39 is 10.0 Å². The van der Waals surface area contributed by atoms with E-state index in [1.165, 1.54) is 30.6 Å². The first-order chi connectivity index (χ1) is 8.90. The van der Waals surface area contributed by atoms with Crippen molar-refractivity contribution in [3.05, 3.63) is 41.7 Å². The summed E-state index contributed by atoms with van der Waals surface area (Å²) in [5.41, 5.74) is 5.60. The number of sulfonamides is 1. The topological polar surface area (TPSA) is 105 Å². The van der Waals surface area contributed by atoms with Crippen LogP contribution in [0.15, 0.2) is 41.6 Å². The molecule has 0 unspecified atom stereocenters. The van der Waals surface area contributed by atoms with Crippen LogP contribution in [0.4, 0.5) is 11.4 Å². The second kappa shape index (κ2) is 4.94. The van der Waals surface area contributed by atoms with Crippen LogP contribution < -0.4 is 10.5 Å². The molecular formula is C11H10ClN3O3S. The van der Waals surface area contributed by atoms with Gasteiger partial charge in [-0.15, -0.1) is 0 Å².